The summed E-state index contributed by atoms with van der Waals surface area (Å²) in [6.45, 7) is 0. The van der Waals surface area contributed by atoms with Crippen LogP contribution in [0.4, 0.5) is 18.9 Å². The van der Waals surface area contributed by atoms with E-state index in [0.717, 1.165) is 25.3 Å². The number of carbonyl (C=O) groups is 1. The number of rotatable bonds is 4. The second kappa shape index (κ2) is 5.39. The van der Waals surface area contributed by atoms with E-state index in [1.165, 1.54) is 6.41 Å². The molecule has 0 unspecified atom stereocenters. The van der Waals surface area contributed by atoms with Crippen molar-refractivity contribution >= 4 is 18.1 Å². The maximum Gasteiger partial charge on any atom is 0.573 e. The number of esters is 1. The van der Waals surface area contributed by atoms with Gasteiger partial charge in [-0.05, 0) is 18.2 Å². The Bertz CT molecular complexity index is 459. The van der Waals surface area contributed by atoms with Gasteiger partial charge in [0.25, 0.3) is 0 Å². The average molecular weight is 262 g/mol. The van der Waals surface area contributed by atoms with Crippen molar-refractivity contribution in [3.63, 3.8) is 0 Å². The molecule has 1 aromatic carbocycles. The van der Waals surface area contributed by atoms with Crippen LogP contribution in [0.2, 0.25) is 0 Å². The van der Waals surface area contributed by atoms with Crippen molar-refractivity contribution in [2.75, 3.05) is 12.4 Å². The fourth-order valence-corrected chi connectivity index (χ4v) is 1.16. The Kier molecular flexibility index (Phi) is 4.13. The second-order valence-corrected chi connectivity index (χ2v) is 2.97. The molecule has 1 N–H and O–H groups in total. The number of hydrogen-bond donors (Lipinski definition) is 1. The van der Waals surface area contributed by atoms with Gasteiger partial charge in [0.15, 0.2) is 0 Å². The van der Waals surface area contributed by atoms with E-state index in [1.807, 2.05) is 5.32 Å². The third kappa shape index (κ3) is 3.65. The molecule has 0 aromatic heterocycles. The van der Waals surface area contributed by atoms with E-state index in [1.54, 1.807) is 0 Å². The molecule has 5 nitrogen and oxygen atoms in total. The number of amides is 1. The second-order valence-electron chi connectivity index (χ2n) is 2.97. The highest BCUT2D eigenvalue weighted by molar-refractivity contribution is 5.98. The fraction of sp³-hybridized carbons (Fsp3) is 0.200. The quantitative estimate of drug-likeness (QED) is 0.664. The summed E-state index contributed by atoms with van der Waals surface area (Å²) in [6, 6.07) is 2.82. The zero-order chi connectivity index (χ0) is 13.8. The summed E-state index contributed by atoms with van der Waals surface area (Å²) in [6.07, 6.45) is -3.58. The van der Waals surface area contributed by atoms with Gasteiger partial charge in [-0.25, -0.2) is 4.79 Å². The number of hydrogen-bond acceptors (Lipinski definition) is 4. The lowest BCUT2D eigenvalue weighted by molar-refractivity contribution is -0.274. The molecule has 0 aliphatic carbocycles. The standard InChI is InChI=1S/C10H7F3NO4/c1-17-9(16)7-4-6(18-10(11,12)13)2-3-8(7)14-5-15/h2-4H,1H3,(H,14,15). The van der Waals surface area contributed by atoms with Crippen LogP contribution in [0, 0.1) is 0 Å². The Morgan fingerprint density at radius 2 is 2.06 bits per heavy atom. The van der Waals surface area contributed by atoms with Crippen LogP contribution >= 0.6 is 0 Å². The molecule has 8 heteroatoms. The monoisotopic (exact) mass is 262 g/mol. The van der Waals surface area contributed by atoms with Crippen molar-refractivity contribution in [1.29, 1.82) is 0 Å². The minimum Gasteiger partial charge on any atom is -0.465 e. The van der Waals surface area contributed by atoms with E-state index in [0.29, 0.717) is 0 Å². The summed E-state index contributed by atoms with van der Waals surface area (Å²) in [5, 5.41) is 2.04. The number of alkyl halides is 3. The van der Waals surface area contributed by atoms with Gasteiger partial charge in [-0.15, -0.1) is 13.2 Å². The summed E-state index contributed by atoms with van der Waals surface area (Å²) in [5.74, 6) is -1.51. The van der Waals surface area contributed by atoms with Crippen LogP contribution in [0.25, 0.3) is 0 Å². The third-order valence-corrected chi connectivity index (χ3v) is 1.82. The Morgan fingerprint density at radius 3 is 2.56 bits per heavy atom. The van der Waals surface area contributed by atoms with Gasteiger partial charge in [0.05, 0.1) is 18.4 Å². The highest BCUT2D eigenvalue weighted by Crippen LogP contribution is 2.27. The summed E-state index contributed by atoms with van der Waals surface area (Å²) in [4.78, 5) is 21.4. The maximum atomic E-state index is 12.0. The minimum atomic E-state index is -4.88. The minimum absolute atomic E-state index is 0.0358. The molecule has 0 aliphatic heterocycles. The number of carbonyl (C=O) groups excluding carboxylic acids is 2. The topological polar surface area (TPSA) is 64.6 Å². The van der Waals surface area contributed by atoms with Crippen LogP contribution in [0.1, 0.15) is 10.4 Å². The fourth-order valence-electron chi connectivity index (χ4n) is 1.16. The molecule has 97 valence electrons. The first kappa shape index (κ1) is 13.8. The van der Waals surface area contributed by atoms with Crippen LogP contribution in [0.3, 0.4) is 0 Å². The zero-order valence-corrected chi connectivity index (χ0v) is 9.00. The number of nitrogens with one attached hydrogen (secondary N) is 1. The number of halogens is 3. The van der Waals surface area contributed by atoms with Crippen molar-refractivity contribution in [2.45, 2.75) is 6.36 Å². The predicted molar refractivity (Wildman–Crippen MR) is 53.8 cm³/mol. The van der Waals surface area contributed by atoms with Gasteiger partial charge in [-0.1, -0.05) is 0 Å². The van der Waals surface area contributed by atoms with Gasteiger partial charge in [0, 0.05) is 0 Å². The van der Waals surface area contributed by atoms with Crippen LogP contribution < -0.4 is 10.1 Å². The molecule has 0 heterocycles. The van der Waals surface area contributed by atoms with Gasteiger partial charge in [0.2, 0.25) is 0 Å². The molecule has 1 radical (unpaired) electrons. The molecule has 1 aromatic rings. The molecule has 0 saturated heterocycles. The van der Waals surface area contributed by atoms with Gasteiger partial charge in [-0.2, -0.15) is 0 Å². The first-order chi connectivity index (χ1) is 8.37. The van der Waals surface area contributed by atoms with E-state index in [4.69, 9.17) is 0 Å². The first-order valence-electron chi connectivity index (χ1n) is 4.48. The van der Waals surface area contributed by atoms with Crippen molar-refractivity contribution < 1.29 is 32.2 Å². The highest BCUT2D eigenvalue weighted by atomic mass is 19.4. The van der Waals surface area contributed by atoms with Crippen molar-refractivity contribution in [3.05, 3.63) is 23.8 Å². The number of methoxy groups -OCH3 is 1. The Hall–Kier alpha value is -2.25. The van der Waals surface area contributed by atoms with Gasteiger partial charge >= 0.3 is 18.7 Å². The average Bonchev–Trinajstić information content (AvgIpc) is 2.28. The molecule has 1 amide bonds. The van der Waals surface area contributed by atoms with Crippen molar-refractivity contribution in [3.8, 4) is 5.75 Å². The molecular formula is C10H7F3NO4. The summed E-state index contributed by atoms with van der Waals surface area (Å²) in [7, 11) is 1.05. The summed E-state index contributed by atoms with van der Waals surface area (Å²) >= 11 is 0. The molecule has 0 aliphatic rings. The zero-order valence-electron chi connectivity index (χ0n) is 9.00. The van der Waals surface area contributed by atoms with Crippen LogP contribution in [0.15, 0.2) is 18.2 Å². The predicted octanol–water partition coefficient (Wildman–Crippen LogP) is 1.85. The lowest BCUT2D eigenvalue weighted by atomic mass is 10.1. The van der Waals surface area contributed by atoms with E-state index in [2.05, 4.69) is 9.47 Å². The molecule has 1 rings (SSSR count). The summed E-state index contributed by atoms with van der Waals surface area (Å²) < 4.78 is 44.0. The maximum absolute atomic E-state index is 12.0. The highest BCUT2D eigenvalue weighted by Gasteiger charge is 2.31. The van der Waals surface area contributed by atoms with E-state index in [-0.39, 0.29) is 11.3 Å². The molecule has 0 atom stereocenters. The lowest BCUT2D eigenvalue weighted by Crippen LogP contribution is -2.17. The normalized spacial score (nSPS) is 10.7. The molecule has 18 heavy (non-hydrogen) atoms. The van der Waals surface area contributed by atoms with E-state index >= 15 is 0 Å². The van der Waals surface area contributed by atoms with Crippen LogP contribution in [-0.4, -0.2) is 25.9 Å². The van der Waals surface area contributed by atoms with E-state index in [9.17, 15) is 22.8 Å². The lowest BCUT2D eigenvalue weighted by Gasteiger charge is -2.11. The van der Waals surface area contributed by atoms with Gasteiger partial charge < -0.3 is 14.8 Å². The number of ether oxygens (including phenoxy) is 2. The van der Waals surface area contributed by atoms with Gasteiger partial charge in [-0.3, -0.25) is 4.79 Å². The smallest absolute Gasteiger partial charge is 0.465 e. The SMILES string of the molecule is COC(=O)c1cc(OC(F)(F)F)ccc1N[C]=O. The Morgan fingerprint density at radius 1 is 1.39 bits per heavy atom. The van der Waals surface area contributed by atoms with E-state index < -0.39 is 18.1 Å². The van der Waals surface area contributed by atoms with Crippen molar-refractivity contribution in [2.24, 2.45) is 0 Å². The summed E-state index contributed by atoms with van der Waals surface area (Å²) in [5.41, 5.74) is -0.311. The van der Waals surface area contributed by atoms with Crippen LogP contribution in [0.5, 0.6) is 5.75 Å². The number of anilines is 1. The third-order valence-electron chi connectivity index (χ3n) is 1.82. The molecular weight excluding hydrogens is 255 g/mol. The van der Waals surface area contributed by atoms with Gasteiger partial charge in [0.1, 0.15) is 5.75 Å². The Balaban J connectivity index is 3.12. The molecule has 0 spiro atoms. The molecule has 0 bridgehead atoms. The van der Waals surface area contributed by atoms with Crippen molar-refractivity contribution in [1.82, 2.24) is 0 Å². The first-order valence-corrected chi connectivity index (χ1v) is 4.48. The molecule has 0 saturated carbocycles. The van der Waals surface area contributed by atoms with Crippen LogP contribution in [-0.2, 0) is 9.53 Å². The largest absolute Gasteiger partial charge is 0.573 e. The number of benzene rings is 1. The molecule has 0 fully saturated rings. The Labute approximate surface area is 99.5 Å².